The van der Waals surface area contributed by atoms with E-state index >= 15 is 0 Å². The summed E-state index contributed by atoms with van der Waals surface area (Å²) in [7, 11) is -1.72. The molecule has 146 valence electrons. The molecule has 1 fully saturated rings. The molecule has 8 nitrogen and oxygen atoms in total. The highest BCUT2D eigenvalue weighted by Gasteiger charge is 2.30. The van der Waals surface area contributed by atoms with Crippen LogP contribution in [0.15, 0.2) is 47.5 Å². The number of rotatable bonds is 3. The summed E-state index contributed by atoms with van der Waals surface area (Å²) in [4.78, 5) is 19.2. The van der Waals surface area contributed by atoms with E-state index in [0.717, 1.165) is 16.7 Å². The molecule has 3 heterocycles. The Morgan fingerprint density at radius 3 is 2.43 bits per heavy atom. The second kappa shape index (κ2) is 6.99. The van der Waals surface area contributed by atoms with Crippen LogP contribution in [-0.2, 0) is 17.1 Å². The second-order valence-corrected chi connectivity index (χ2v) is 8.75. The van der Waals surface area contributed by atoms with Gasteiger partial charge in [-0.25, -0.2) is 13.4 Å². The minimum atomic E-state index is -3.54. The van der Waals surface area contributed by atoms with Gasteiger partial charge in [0.15, 0.2) is 5.65 Å². The van der Waals surface area contributed by atoms with E-state index in [1.165, 1.54) is 4.31 Å². The molecule has 2 aromatic heterocycles. The molecule has 28 heavy (non-hydrogen) atoms. The Morgan fingerprint density at radius 1 is 1.07 bits per heavy atom. The quantitative estimate of drug-likeness (QED) is 0.665. The van der Waals surface area contributed by atoms with Crippen molar-refractivity contribution in [3.8, 4) is 0 Å². The van der Waals surface area contributed by atoms with Gasteiger partial charge in [-0.3, -0.25) is 9.48 Å². The van der Waals surface area contributed by atoms with E-state index in [4.69, 9.17) is 0 Å². The maximum atomic E-state index is 12.9. The Labute approximate surface area is 163 Å². The third kappa shape index (κ3) is 3.16. The first-order valence-corrected chi connectivity index (χ1v) is 10.5. The summed E-state index contributed by atoms with van der Waals surface area (Å²) in [5, 5.41) is 5.17. The molecule has 0 radical (unpaired) electrons. The van der Waals surface area contributed by atoms with E-state index in [1.807, 2.05) is 14.0 Å². The molecule has 0 unspecified atom stereocenters. The van der Waals surface area contributed by atoms with Gasteiger partial charge in [0, 0.05) is 44.8 Å². The fourth-order valence-electron chi connectivity index (χ4n) is 3.48. The van der Waals surface area contributed by atoms with Crippen LogP contribution in [0.25, 0.3) is 11.0 Å². The van der Waals surface area contributed by atoms with Gasteiger partial charge in [0.25, 0.3) is 5.91 Å². The molecule has 4 rings (SSSR count). The predicted octanol–water partition coefficient (Wildman–Crippen LogP) is 1.42. The minimum Gasteiger partial charge on any atom is -0.336 e. The molecule has 1 aliphatic heterocycles. The summed E-state index contributed by atoms with van der Waals surface area (Å²) in [6.45, 7) is 3.10. The van der Waals surface area contributed by atoms with Crippen molar-refractivity contribution < 1.29 is 13.2 Å². The molecule has 0 spiro atoms. The number of sulfonamides is 1. The second-order valence-electron chi connectivity index (χ2n) is 6.81. The van der Waals surface area contributed by atoms with E-state index < -0.39 is 10.0 Å². The smallest absolute Gasteiger partial charge is 0.255 e. The highest BCUT2D eigenvalue weighted by atomic mass is 32.2. The average Bonchev–Trinajstić information content (AvgIpc) is 3.01. The van der Waals surface area contributed by atoms with Crippen LogP contribution >= 0.6 is 0 Å². The predicted molar refractivity (Wildman–Crippen MR) is 104 cm³/mol. The Balaban J connectivity index is 1.49. The summed E-state index contributed by atoms with van der Waals surface area (Å²) in [6, 6.07) is 10.2. The number of nitrogens with zero attached hydrogens (tertiary/aromatic N) is 5. The molecule has 1 saturated heterocycles. The third-order valence-corrected chi connectivity index (χ3v) is 6.93. The van der Waals surface area contributed by atoms with E-state index in [-0.39, 0.29) is 23.9 Å². The normalized spacial score (nSPS) is 15.9. The number of carbonyl (C=O) groups is 1. The van der Waals surface area contributed by atoms with Gasteiger partial charge in [-0.2, -0.15) is 9.40 Å². The zero-order valence-electron chi connectivity index (χ0n) is 15.7. The van der Waals surface area contributed by atoms with Crippen molar-refractivity contribution in [1.82, 2.24) is 24.0 Å². The maximum absolute atomic E-state index is 12.9. The summed E-state index contributed by atoms with van der Waals surface area (Å²) in [5.41, 5.74) is 2.04. The zero-order valence-corrected chi connectivity index (χ0v) is 16.6. The van der Waals surface area contributed by atoms with Crippen LogP contribution in [0.4, 0.5) is 0 Å². The van der Waals surface area contributed by atoms with Crippen LogP contribution in [0.2, 0.25) is 0 Å². The lowest BCUT2D eigenvalue weighted by atomic mass is 10.2. The van der Waals surface area contributed by atoms with Gasteiger partial charge in [0.1, 0.15) is 0 Å². The number of aromatic nitrogens is 3. The van der Waals surface area contributed by atoms with Crippen LogP contribution < -0.4 is 0 Å². The summed E-state index contributed by atoms with van der Waals surface area (Å²) in [6.07, 6.45) is 1.55. The molecule has 0 aliphatic carbocycles. The lowest BCUT2D eigenvalue weighted by Crippen LogP contribution is -2.50. The lowest BCUT2D eigenvalue weighted by molar-refractivity contribution is 0.0697. The maximum Gasteiger partial charge on any atom is 0.255 e. The Bertz CT molecular complexity index is 1130. The van der Waals surface area contributed by atoms with E-state index in [1.54, 1.807) is 52.2 Å². The first-order valence-electron chi connectivity index (χ1n) is 9.02. The van der Waals surface area contributed by atoms with E-state index in [0.29, 0.717) is 18.7 Å². The van der Waals surface area contributed by atoms with Crippen molar-refractivity contribution in [2.24, 2.45) is 7.05 Å². The Morgan fingerprint density at radius 2 is 1.75 bits per heavy atom. The number of carbonyl (C=O) groups excluding carboxylic acids is 1. The fourth-order valence-corrected chi connectivity index (χ4v) is 4.92. The van der Waals surface area contributed by atoms with Crippen LogP contribution in [0, 0.1) is 6.92 Å². The van der Waals surface area contributed by atoms with E-state index in [2.05, 4.69) is 10.1 Å². The number of hydrogen-bond acceptors (Lipinski definition) is 5. The molecule has 1 aromatic carbocycles. The van der Waals surface area contributed by atoms with Gasteiger partial charge < -0.3 is 4.90 Å². The molecular formula is C19H21N5O3S. The standard InChI is InChI=1S/C19H21N5O3S/c1-14-17-12-15(13-20-18(17)22(2)21-14)19(25)23-8-10-24(11-9-23)28(26,27)16-6-4-3-5-7-16/h3-7,12-13H,8-11H2,1-2H3. The zero-order chi connectivity index (χ0) is 19.9. The molecule has 1 amide bonds. The van der Waals surface area contributed by atoms with Crippen LogP contribution in [-0.4, -0.2) is 64.5 Å². The first-order chi connectivity index (χ1) is 13.4. The average molecular weight is 399 g/mol. The molecular weight excluding hydrogens is 378 g/mol. The van der Waals surface area contributed by atoms with Gasteiger partial charge in [-0.1, -0.05) is 18.2 Å². The molecule has 0 saturated carbocycles. The van der Waals surface area contributed by atoms with Crippen molar-refractivity contribution in [3.63, 3.8) is 0 Å². The molecule has 1 aliphatic rings. The van der Waals surface area contributed by atoms with Crippen LogP contribution in [0.1, 0.15) is 16.1 Å². The number of hydrogen-bond donors (Lipinski definition) is 0. The number of amides is 1. The molecule has 0 bridgehead atoms. The number of fused-ring (bicyclic) bond motifs is 1. The summed E-state index contributed by atoms with van der Waals surface area (Å²) in [5.74, 6) is -0.144. The number of benzene rings is 1. The number of pyridine rings is 1. The lowest BCUT2D eigenvalue weighted by Gasteiger charge is -2.34. The highest BCUT2D eigenvalue weighted by molar-refractivity contribution is 7.89. The molecule has 0 N–H and O–H groups in total. The number of aryl methyl sites for hydroxylation is 2. The topological polar surface area (TPSA) is 88.4 Å². The monoisotopic (exact) mass is 399 g/mol. The number of piperazine rings is 1. The van der Waals surface area contributed by atoms with Crippen LogP contribution in [0.3, 0.4) is 0 Å². The van der Waals surface area contributed by atoms with Gasteiger partial charge in [-0.05, 0) is 25.1 Å². The van der Waals surface area contributed by atoms with Crippen molar-refractivity contribution in [2.75, 3.05) is 26.2 Å². The first kappa shape index (κ1) is 18.6. The third-order valence-electron chi connectivity index (χ3n) is 5.02. The van der Waals surface area contributed by atoms with Gasteiger partial charge in [-0.15, -0.1) is 0 Å². The summed E-state index contributed by atoms with van der Waals surface area (Å²) < 4.78 is 28.6. The molecule has 9 heteroatoms. The molecule has 0 atom stereocenters. The summed E-state index contributed by atoms with van der Waals surface area (Å²) >= 11 is 0. The fraction of sp³-hybridized carbons (Fsp3) is 0.316. The van der Waals surface area contributed by atoms with Crippen molar-refractivity contribution in [1.29, 1.82) is 0 Å². The largest absolute Gasteiger partial charge is 0.336 e. The van der Waals surface area contributed by atoms with Gasteiger partial charge in [0.2, 0.25) is 10.0 Å². The Kier molecular flexibility index (Phi) is 4.64. The van der Waals surface area contributed by atoms with E-state index in [9.17, 15) is 13.2 Å². The molecule has 3 aromatic rings. The SMILES string of the molecule is Cc1nn(C)c2ncc(C(=O)N3CCN(S(=O)(=O)c4ccccc4)CC3)cc12. The van der Waals surface area contributed by atoms with Gasteiger partial charge >= 0.3 is 0 Å². The van der Waals surface area contributed by atoms with Crippen molar-refractivity contribution in [2.45, 2.75) is 11.8 Å². The minimum absolute atomic E-state index is 0.144. The Hall–Kier alpha value is -2.78. The van der Waals surface area contributed by atoms with Crippen molar-refractivity contribution >= 4 is 27.0 Å². The van der Waals surface area contributed by atoms with Crippen LogP contribution in [0.5, 0.6) is 0 Å². The van der Waals surface area contributed by atoms with Crippen molar-refractivity contribution in [3.05, 3.63) is 53.9 Å². The van der Waals surface area contributed by atoms with Gasteiger partial charge in [0.05, 0.1) is 16.2 Å². The highest BCUT2D eigenvalue weighted by Crippen LogP contribution is 2.20.